The smallest absolute Gasteiger partial charge is 0.481 e. The van der Waals surface area contributed by atoms with Crippen molar-refractivity contribution in [1.82, 2.24) is 0 Å². The number of aliphatic carboxylic acids is 1. The van der Waals surface area contributed by atoms with Crippen molar-refractivity contribution < 1.29 is 27.8 Å². The SMILES string of the molecule is O=C(O)CC#Cc1cccc(OC(F)(F)F)c1. The van der Waals surface area contributed by atoms with Gasteiger partial charge in [0.25, 0.3) is 0 Å². The molecule has 0 unspecified atom stereocenters. The Labute approximate surface area is 94.8 Å². The molecule has 0 bridgehead atoms. The van der Waals surface area contributed by atoms with Gasteiger partial charge in [0.1, 0.15) is 12.2 Å². The van der Waals surface area contributed by atoms with Crippen molar-refractivity contribution >= 4 is 5.97 Å². The third kappa shape index (κ3) is 5.47. The van der Waals surface area contributed by atoms with Crippen LogP contribution in [0.15, 0.2) is 24.3 Å². The van der Waals surface area contributed by atoms with Gasteiger partial charge in [0.2, 0.25) is 0 Å². The second kappa shape index (κ2) is 5.25. The van der Waals surface area contributed by atoms with E-state index in [2.05, 4.69) is 16.6 Å². The van der Waals surface area contributed by atoms with E-state index in [1.165, 1.54) is 12.1 Å². The van der Waals surface area contributed by atoms with E-state index in [1.807, 2.05) is 0 Å². The Bertz CT molecular complexity index is 469. The van der Waals surface area contributed by atoms with Crippen LogP contribution in [0.2, 0.25) is 0 Å². The summed E-state index contributed by atoms with van der Waals surface area (Å²) in [6.45, 7) is 0. The molecule has 1 aromatic carbocycles. The number of halogens is 3. The summed E-state index contributed by atoms with van der Waals surface area (Å²) in [5.41, 5.74) is 0.257. The third-order valence-electron chi connectivity index (χ3n) is 1.54. The fraction of sp³-hybridized carbons (Fsp3) is 0.182. The van der Waals surface area contributed by atoms with Crippen molar-refractivity contribution in [3.05, 3.63) is 29.8 Å². The summed E-state index contributed by atoms with van der Waals surface area (Å²) in [5.74, 6) is 3.24. The molecule has 0 heterocycles. The van der Waals surface area contributed by atoms with E-state index in [-0.39, 0.29) is 17.7 Å². The highest BCUT2D eigenvalue weighted by atomic mass is 19.4. The molecule has 90 valence electrons. The minimum Gasteiger partial charge on any atom is -0.481 e. The molecule has 1 rings (SSSR count). The molecule has 0 aromatic heterocycles. The number of hydrogen-bond acceptors (Lipinski definition) is 2. The fourth-order valence-electron chi connectivity index (χ4n) is 0.993. The lowest BCUT2D eigenvalue weighted by Crippen LogP contribution is -2.17. The summed E-state index contributed by atoms with van der Waals surface area (Å²) in [6, 6.07) is 5.02. The molecule has 0 saturated carbocycles. The molecule has 3 nitrogen and oxygen atoms in total. The zero-order chi connectivity index (χ0) is 12.9. The van der Waals surface area contributed by atoms with Gasteiger partial charge in [-0.2, -0.15) is 0 Å². The average Bonchev–Trinajstić information content (AvgIpc) is 2.14. The van der Waals surface area contributed by atoms with Crippen molar-refractivity contribution in [3.63, 3.8) is 0 Å². The molecule has 0 atom stereocenters. The average molecular weight is 244 g/mol. The number of alkyl halides is 3. The van der Waals surface area contributed by atoms with Crippen LogP contribution in [0, 0.1) is 11.8 Å². The van der Waals surface area contributed by atoms with Crippen LogP contribution in [0.25, 0.3) is 0 Å². The van der Waals surface area contributed by atoms with E-state index >= 15 is 0 Å². The summed E-state index contributed by atoms with van der Waals surface area (Å²) in [7, 11) is 0. The first-order valence-electron chi connectivity index (χ1n) is 4.43. The van der Waals surface area contributed by atoms with E-state index < -0.39 is 12.3 Å². The van der Waals surface area contributed by atoms with E-state index in [9.17, 15) is 18.0 Å². The molecule has 1 N–H and O–H groups in total. The van der Waals surface area contributed by atoms with Crippen LogP contribution < -0.4 is 4.74 Å². The molecule has 0 saturated heterocycles. The van der Waals surface area contributed by atoms with Gasteiger partial charge in [-0.25, -0.2) is 0 Å². The number of rotatable bonds is 2. The molecule has 0 aliphatic rings. The fourth-order valence-corrected chi connectivity index (χ4v) is 0.993. The predicted octanol–water partition coefficient (Wildman–Crippen LogP) is 2.41. The van der Waals surface area contributed by atoms with Crippen molar-refractivity contribution in [2.75, 3.05) is 0 Å². The quantitative estimate of drug-likeness (QED) is 0.812. The number of carboxylic acids is 1. The first-order valence-corrected chi connectivity index (χ1v) is 4.43. The second-order valence-electron chi connectivity index (χ2n) is 2.95. The zero-order valence-corrected chi connectivity index (χ0v) is 8.41. The highest BCUT2D eigenvalue weighted by molar-refractivity contribution is 5.70. The molecule has 0 aliphatic heterocycles. The number of carbonyl (C=O) groups is 1. The van der Waals surface area contributed by atoms with Gasteiger partial charge in [0.15, 0.2) is 0 Å². The van der Waals surface area contributed by atoms with E-state index in [0.29, 0.717) is 0 Å². The number of benzene rings is 1. The Morgan fingerprint density at radius 2 is 2.12 bits per heavy atom. The van der Waals surface area contributed by atoms with Gasteiger partial charge >= 0.3 is 12.3 Å². The lowest BCUT2D eigenvalue weighted by atomic mass is 10.2. The largest absolute Gasteiger partial charge is 0.573 e. The molecule has 0 amide bonds. The predicted molar refractivity (Wildman–Crippen MR) is 52.3 cm³/mol. The van der Waals surface area contributed by atoms with Crippen LogP contribution in [0.4, 0.5) is 13.2 Å². The Morgan fingerprint density at radius 3 is 2.71 bits per heavy atom. The molecular formula is C11H7F3O3. The van der Waals surface area contributed by atoms with Crippen molar-refractivity contribution in [1.29, 1.82) is 0 Å². The maximum Gasteiger partial charge on any atom is 0.573 e. The van der Waals surface area contributed by atoms with Crippen molar-refractivity contribution in [2.45, 2.75) is 12.8 Å². The summed E-state index contributed by atoms with van der Waals surface area (Å²) < 4.78 is 39.4. The van der Waals surface area contributed by atoms with Gasteiger partial charge in [-0.05, 0) is 18.2 Å². The molecule has 0 radical (unpaired) electrons. The maximum atomic E-state index is 11.9. The van der Waals surface area contributed by atoms with Crippen molar-refractivity contribution in [2.24, 2.45) is 0 Å². The topological polar surface area (TPSA) is 46.5 Å². The van der Waals surface area contributed by atoms with Gasteiger partial charge in [0, 0.05) is 5.56 Å². The Hall–Kier alpha value is -2.16. The van der Waals surface area contributed by atoms with Crippen LogP contribution in [-0.4, -0.2) is 17.4 Å². The minimum atomic E-state index is -4.76. The van der Waals surface area contributed by atoms with Gasteiger partial charge in [-0.1, -0.05) is 17.9 Å². The summed E-state index contributed by atoms with van der Waals surface area (Å²) in [6.07, 6.45) is -5.13. The molecular weight excluding hydrogens is 237 g/mol. The lowest BCUT2D eigenvalue weighted by Gasteiger charge is -2.08. The van der Waals surface area contributed by atoms with Gasteiger partial charge in [-0.15, -0.1) is 13.2 Å². The third-order valence-corrected chi connectivity index (χ3v) is 1.54. The number of ether oxygens (including phenoxy) is 1. The maximum absolute atomic E-state index is 11.9. The Balaban J connectivity index is 2.78. The molecule has 0 spiro atoms. The normalized spacial score (nSPS) is 10.3. The van der Waals surface area contributed by atoms with Gasteiger partial charge < -0.3 is 9.84 Å². The number of hydrogen-bond donors (Lipinski definition) is 1. The molecule has 6 heteroatoms. The van der Waals surface area contributed by atoms with Gasteiger partial charge in [-0.3, -0.25) is 4.79 Å². The second-order valence-corrected chi connectivity index (χ2v) is 2.95. The van der Waals surface area contributed by atoms with Crippen molar-refractivity contribution in [3.8, 4) is 17.6 Å². The highest BCUT2D eigenvalue weighted by Crippen LogP contribution is 2.22. The van der Waals surface area contributed by atoms with E-state index in [1.54, 1.807) is 0 Å². The van der Waals surface area contributed by atoms with Crippen LogP contribution >= 0.6 is 0 Å². The molecule has 0 fully saturated rings. The van der Waals surface area contributed by atoms with Crippen LogP contribution in [0.1, 0.15) is 12.0 Å². The molecule has 1 aromatic rings. The number of carboxylic acid groups (broad SMARTS) is 1. The molecule has 0 aliphatic carbocycles. The summed E-state index contributed by atoms with van der Waals surface area (Å²) in [5, 5.41) is 8.32. The Kier molecular flexibility index (Phi) is 3.99. The standard InChI is InChI=1S/C11H7F3O3/c12-11(13,14)17-9-5-1-3-8(7-9)4-2-6-10(15)16/h1,3,5,7H,6H2,(H,15,16). The first kappa shape index (κ1) is 12.9. The monoisotopic (exact) mass is 244 g/mol. The minimum absolute atomic E-state index is 0.257. The van der Waals surface area contributed by atoms with Gasteiger partial charge in [0.05, 0.1) is 0 Å². The van der Waals surface area contributed by atoms with Crippen LogP contribution in [-0.2, 0) is 4.79 Å². The van der Waals surface area contributed by atoms with E-state index in [0.717, 1.165) is 12.1 Å². The highest BCUT2D eigenvalue weighted by Gasteiger charge is 2.30. The first-order chi connectivity index (χ1) is 7.87. The molecule has 17 heavy (non-hydrogen) atoms. The lowest BCUT2D eigenvalue weighted by molar-refractivity contribution is -0.274. The van der Waals surface area contributed by atoms with E-state index in [4.69, 9.17) is 5.11 Å². The Morgan fingerprint density at radius 1 is 1.41 bits per heavy atom. The van der Waals surface area contributed by atoms with Crippen LogP contribution in [0.5, 0.6) is 5.75 Å². The summed E-state index contributed by atoms with van der Waals surface area (Å²) >= 11 is 0. The zero-order valence-electron chi connectivity index (χ0n) is 8.41. The van der Waals surface area contributed by atoms with Crippen LogP contribution in [0.3, 0.4) is 0 Å². The summed E-state index contributed by atoms with van der Waals surface area (Å²) in [4.78, 5) is 10.2.